The number of methoxy groups -OCH3 is 1. The largest absolute Gasteiger partial charge is 0.506 e. The lowest BCUT2D eigenvalue weighted by Crippen LogP contribution is -2.04. The first-order valence-electron chi connectivity index (χ1n) is 8.82. The molecule has 0 atom stereocenters. The van der Waals surface area contributed by atoms with E-state index in [2.05, 4.69) is 21.1 Å². The Labute approximate surface area is 160 Å². The smallest absolute Gasteiger partial charge is 0.137 e. The molecule has 0 saturated heterocycles. The zero-order valence-electron chi connectivity index (χ0n) is 15.1. The molecule has 7 nitrogen and oxygen atoms in total. The van der Waals surface area contributed by atoms with Gasteiger partial charge in [-0.3, -0.25) is 14.1 Å². The molecular formula is C21H17N5O2. The van der Waals surface area contributed by atoms with Gasteiger partial charge in [-0.15, -0.1) is 0 Å². The van der Waals surface area contributed by atoms with Gasteiger partial charge in [-0.05, 0) is 35.9 Å². The maximum absolute atomic E-state index is 9.78. The number of imidazole rings is 1. The first kappa shape index (κ1) is 16.3. The van der Waals surface area contributed by atoms with Gasteiger partial charge in [-0.2, -0.15) is 5.10 Å². The van der Waals surface area contributed by atoms with Crippen molar-refractivity contribution in [1.29, 1.82) is 0 Å². The summed E-state index contributed by atoms with van der Waals surface area (Å²) in [4.78, 5) is 8.93. The number of fused-ring (bicyclic) bond motifs is 2. The molecule has 0 aliphatic heterocycles. The van der Waals surface area contributed by atoms with Gasteiger partial charge in [0.1, 0.15) is 22.7 Å². The molecule has 5 rings (SSSR count). The zero-order valence-corrected chi connectivity index (χ0v) is 15.1. The number of aromatic hydroxyl groups is 1. The van der Waals surface area contributed by atoms with Gasteiger partial charge in [-0.1, -0.05) is 12.1 Å². The van der Waals surface area contributed by atoms with Gasteiger partial charge in [-0.25, -0.2) is 4.98 Å². The van der Waals surface area contributed by atoms with E-state index in [0.717, 1.165) is 39.3 Å². The standard InChI is InChI=1S/C21H17N5O2/c1-28-18-5-2-14(3-6-18)15-8-20-19(22-9-15)11-24-26(20)12-16-10-23-21-7-4-17(27)13-25(16)21/h2-11,13,27H,12H2,1H3. The summed E-state index contributed by atoms with van der Waals surface area (Å²) in [5, 5.41) is 14.3. The maximum atomic E-state index is 9.78. The van der Waals surface area contributed by atoms with Gasteiger partial charge in [0.2, 0.25) is 0 Å². The molecule has 0 radical (unpaired) electrons. The van der Waals surface area contributed by atoms with Crippen LogP contribution in [0, 0.1) is 0 Å². The van der Waals surface area contributed by atoms with Crippen LogP contribution in [-0.4, -0.2) is 36.4 Å². The summed E-state index contributed by atoms with van der Waals surface area (Å²) in [7, 11) is 1.65. The van der Waals surface area contributed by atoms with Gasteiger partial charge in [0.25, 0.3) is 0 Å². The van der Waals surface area contributed by atoms with Gasteiger partial charge >= 0.3 is 0 Å². The van der Waals surface area contributed by atoms with Crippen molar-refractivity contribution in [3.63, 3.8) is 0 Å². The highest BCUT2D eigenvalue weighted by molar-refractivity contribution is 5.80. The Morgan fingerprint density at radius 2 is 1.82 bits per heavy atom. The second-order valence-corrected chi connectivity index (χ2v) is 6.52. The summed E-state index contributed by atoms with van der Waals surface area (Å²) in [6.07, 6.45) is 7.06. The fourth-order valence-electron chi connectivity index (χ4n) is 3.31. The number of aromatic nitrogens is 5. The summed E-state index contributed by atoms with van der Waals surface area (Å²) < 4.78 is 8.98. The van der Waals surface area contributed by atoms with E-state index >= 15 is 0 Å². The number of hydrogen-bond donors (Lipinski definition) is 1. The van der Waals surface area contributed by atoms with Crippen LogP contribution in [0.3, 0.4) is 0 Å². The fraction of sp³-hybridized carbons (Fsp3) is 0.0952. The molecule has 4 heterocycles. The van der Waals surface area contributed by atoms with Crippen LogP contribution < -0.4 is 4.74 Å². The molecule has 0 fully saturated rings. The Balaban J connectivity index is 1.55. The van der Waals surface area contributed by atoms with Crippen molar-refractivity contribution >= 4 is 16.7 Å². The van der Waals surface area contributed by atoms with Crippen LogP contribution in [0.15, 0.2) is 67.3 Å². The van der Waals surface area contributed by atoms with Crippen LogP contribution in [0.1, 0.15) is 5.69 Å². The number of rotatable bonds is 4. The molecule has 7 heteroatoms. The van der Waals surface area contributed by atoms with E-state index in [0.29, 0.717) is 6.54 Å². The number of ether oxygens (including phenoxy) is 1. The first-order valence-corrected chi connectivity index (χ1v) is 8.82. The molecular weight excluding hydrogens is 354 g/mol. The second kappa shape index (κ2) is 6.38. The minimum Gasteiger partial charge on any atom is -0.506 e. The third-order valence-electron chi connectivity index (χ3n) is 4.80. The monoisotopic (exact) mass is 371 g/mol. The van der Waals surface area contributed by atoms with Gasteiger partial charge in [0.15, 0.2) is 0 Å². The molecule has 28 heavy (non-hydrogen) atoms. The zero-order chi connectivity index (χ0) is 19.1. The fourth-order valence-corrected chi connectivity index (χ4v) is 3.31. The minimum absolute atomic E-state index is 0.195. The van der Waals surface area contributed by atoms with Gasteiger partial charge in [0.05, 0.1) is 43.5 Å². The molecule has 1 N–H and O–H groups in total. The number of nitrogens with zero attached hydrogens (tertiary/aromatic N) is 5. The van der Waals surface area contributed by atoms with Crippen LogP contribution in [0.4, 0.5) is 0 Å². The minimum atomic E-state index is 0.195. The average Bonchev–Trinajstić information content (AvgIpc) is 3.32. The highest BCUT2D eigenvalue weighted by atomic mass is 16.5. The summed E-state index contributed by atoms with van der Waals surface area (Å²) in [5.74, 6) is 1.01. The van der Waals surface area contributed by atoms with Crippen molar-refractivity contribution in [2.75, 3.05) is 7.11 Å². The highest BCUT2D eigenvalue weighted by Crippen LogP contribution is 2.25. The molecule has 0 amide bonds. The Bertz CT molecular complexity index is 1290. The van der Waals surface area contributed by atoms with Crippen LogP contribution >= 0.6 is 0 Å². The molecule has 0 spiro atoms. The quantitative estimate of drug-likeness (QED) is 0.523. The SMILES string of the molecule is COc1ccc(-c2cnc3cnn(Cc4cnc5ccc(O)cn45)c3c2)cc1. The highest BCUT2D eigenvalue weighted by Gasteiger charge is 2.10. The van der Waals surface area contributed by atoms with E-state index in [-0.39, 0.29) is 5.75 Å². The Morgan fingerprint density at radius 1 is 0.964 bits per heavy atom. The summed E-state index contributed by atoms with van der Waals surface area (Å²) >= 11 is 0. The molecule has 0 saturated carbocycles. The third kappa shape index (κ3) is 2.73. The predicted molar refractivity (Wildman–Crippen MR) is 105 cm³/mol. The van der Waals surface area contributed by atoms with Crippen molar-refractivity contribution in [3.05, 3.63) is 72.9 Å². The van der Waals surface area contributed by atoms with Crippen LogP contribution in [0.2, 0.25) is 0 Å². The van der Waals surface area contributed by atoms with Crippen molar-refractivity contribution in [1.82, 2.24) is 24.1 Å². The molecule has 0 aliphatic carbocycles. The second-order valence-electron chi connectivity index (χ2n) is 6.52. The molecule has 5 aromatic rings. The molecule has 138 valence electrons. The third-order valence-corrected chi connectivity index (χ3v) is 4.80. The van der Waals surface area contributed by atoms with Crippen LogP contribution in [0.25, 0.3) is 27.8 Å². The molecule has 1 aromatic carbocycles. The van der Waals surface area contributed by atoms with Crippen molar-refractivity contribution in [2.24, 2.45) is 0 Å². The van der Waals surface area contributed by atoms with Crippen molar-refractivity contribution in [2.45, 2.75) is 6.54 Å². The summed E-state index contributed by atoms with van der Waals surface area (Å²) in [5.41, 5.74) is 5.53. The van der Waals surface area contributed by atoms with E-state index in [1.54, 1.807) is 37.8 Å². The maximum Gasteiger partial charge on any atom is 0.137 e. The predicted octanol–water partition coefficient (Wildman–Crippen LogP) is 3.51. The topological polar surface area (TPSA) is 77.5 Å². The number of pyridine rings is 2. The lowest BCUT2D eigenvalue weighted by atomic mass is 10.1. The first-order chi connectivity index (χ1) is 13.7. The summed E-state index contributed by atoms with van der Waals surface area (Å²) in [6.45, 7) is 0.516. The Morgan fingerprint density at radius 3 is 2.64 bits per heavy atom. The van der Waals surface area contributed by atoms with E-state index in [1.807, 2.05) is 39.5 Å². The van der Waals surface area contributed by atoms with E-state index in [4.69, 9.17) is 4.74 Å². The Kier molecular flexibility index (Phi) is 3.72. The number of benzene rings is 1. The molecule has 0 aliphatic rings. The van der Waals surface area contributed by atoms with Crippen LogP contribution in [-0.2, 0) is 6.54 Å². The van der Waals surface area contributed by atoms with Gasteiger partial charge < -0.3 is 9.84 Å². The summed E-state index contributed by atoms with van der Waals surface area (Å²) in [6, 6.07) is 13.4. The molecule has 4 aromatic heterocycles. The van der Waals surface area contributed by atoms with E-state index in [1.165, 1.54) is 0 Å². The lowest BCUT2D eigenvalue weighted by Gasteiger charge is -2.07. The molecule has 0 bridgehead atoms. The normalized spacial score (nSPS) is 11.3. The Hall–Kier alpha value is -3.87. The van der Waals surface area contributed by atoms with Crippen molar-refractivity contribution in [3.8, 4) is 22.6 Å². The van der Waals surface area contributed by atoms with Crippen molar-refractivity contribution < 1.29 is 9.84 Å². The molecule has 0 unspecified atom stereocenters. The average molecular weight is 371 g/mol. The van der Waals surface area contributed by atoms with Crippen LogP contribution in [0.5, 0.6) is 11.5 Å². The van der Waals surface area contributed by atoms with E-state index < -0.39 is 0 Å². The van der Waals surface area contributed by atoms with E-state index in [9.17, 15) is 5.11 Å². The van der Waals surface area contributed by atoms with Gasteiger partial charge in [0, 0.05) is 11.8 Å². The number of hydrogen-bond acceptors (Lipinski definition) is 5. The lowest BCUT2D eigenvalue weighted by molar-refractivity contribution is 0.415.